The van der Waals surface area contributed by atoms with Crippen LogP contribution in [-0.2, 0) is 14.8 Å². The lowest BCUT2D eigenvalue weighted by atomic mass is 9.65. The molecule has 0 heterocycles. The average molecular weight is 398 g/mol. The van der Waals surface area contributed by atoms with Gasteiger partial charge in [-0.2, -0.15) is 0 Å². The molecule has 3 N–H and O–H groups in total. The van der Waals surface area contributed by atoms with Crippen LogP contribution in [0.3, 0.4) is 0 Å². The summed E-state index contributed by atoms with van der Waals surface area (Å²) in [5.74, 6) is 0. The quantitative estimate of drug-likeness (QED) is 0.765. The van der Waals surface area contributed by atoms with Crippen LogP contribution in [0.1, 0.15) is 20.3 Å². The van der Waals surface area contributed by atoms with Gasteiger partial charge in [0, 0.05) is 29.3 Å². The van der Waals surface area contributed by atoms with Crippen LogP contribution in [0.15, 0.2) is 21.5 Å². The zero-order chi connectivity index (χ0) is 16.0. The fraction of sp³-hybridized carbons (Fsp3) is 0.538. The van der Waals surface area contributed by atoms with Crippen LogP contribution in [0, 0.1) is 5.41 Å². The van der Waals surface area contributed by atoms with Crippen LogP contribution in [0.25, 0.3) is 0 Å². The fourth-order valence-electron chi connectivity index (χ4n) is 2.52. The lowest BCUT2D eigenvalue weighted by molar-refractivity contribution is -0.0908. The van der Waals surface area contributed by atoms with Gasteiger partial charge >= 0.3 is 0 Å². The van der Waals surface area contributed by atoms with Crippen molar-refractivity contribution in [1.82, 2.24) is 4.72 Å². The van der Waals surface area contributed by atoms with E-state index in [9.17, 15) is 8.42 Å². The molecule has 1 fully saturated rings. The molecule has 0 saturated heterocycles. The van der Waals surface area contributed by atoms with E-state index >= 15 is 0 Å². The molecule has 0 aliphatic heterocycles. The van der Waals surface area contributed by atoms with E-state index in [4.69, 9.17) is 22.1 Å². The molecule has 5 nitrogen and oxygen atoms in total. The topological polar surface area (TPSA) is 81.4 Å². The Labute approximate surface area is 138 Å². The third-order valence-corrected chi connectivity index (χ3v) is 6.94. The zero-order valence-electron chi connectivity index (χ0n) is 12.0. The van der Waals surface area contributed by atoms with Crippen LogP contribution >= 0.6 is 27.5 Å². The van der Waals surface area contributed by atoms with Gasteiger partial charge in [-0.15, -0.1) is 0 Å². The summed E-state index contributed by atoms with van der Waals surface area (Å²) in [4.78, 5) is 0.0455. The van der Waals surface area contributed by atoms with E-state index in [1.165, 1.54) is 12.1 Å². The molecule has 2 atom stereocenters. The number of ether oxygens (including phenoxy) is 1. The SMILES string of the molecule is COC1CC(NS(=O)(=O)c2cc(Cl)cc(N)c2Br)C1(C)C. The Bertz CT molecular complexity index is 664. The van der Waals surface area contributed by atoms with E-state index in [1.807, 2.05) is 13.8 Å². The van der Waals surface area contributed by atoms with E-state index in [-0.39, 0.29) is 33.2 Å². The van der Waals surface area contributed by atoms with E-state index in [0.29, 0.717) is 10.9 Å². The molecule has 118 valence electrons. The van der Waals surface area contributed by atoms with Crippen molar-refractivity contribution in [1.29, 1.82) is 0 Å². The van der Waals surface area contributed by atoms with Gasteiger partial charge in [-0.25, -0.2) is 13.1 Å². The second kappa shape index (κ2) is 5.70. The largest absolute Gasteiger partial charge is 0.398 e. The van der Waals surface area contributed by atoms with Crippen molar-refractivity contribution in [2.45, 2.75) is 37.3 Å². The fourth-order valence-corrected chi connectivity index (χ4v) is 5.21. The standard InChI is InChI=1S/C13H18BrClN2O3S/c1-13(2)10(6-11(13)20-3)17-21(18,19)9-5-7(15)4-8(16)12(9)14/h4-5,10-11,17H,6,16H2,1-3H3. The summed E-state index contributed by atoms with van der Waals surface area (Å²) in [5.41, 5.74) is 5.77. The molecule has 0 aromatic heterocycles. The summed E-state index contributed by atoms with van der Waals surface area (Å²) in [6, 6.07) is 2.68. The van der Waals surface area contributed by atoms with Crippen molar-refractivity contribution in [3.05, 3.63) is 21.6 Å². The van der Waals surface area contributed by atoms with Crippen LogP contribution in [0.2, 0.25) is 5.02 Å². The number of rotatable bonds is 4. The highest BCUT2D eigenvalue weighted by Crippen LogP contribution is 2.43. The highest BCUT2D eigenvalue weighted by atomic mass is 79.9. The summed E-state index contributed by atoms with van der Waals surface area (Å²) in [6.07, 6.45) is 0.675. The summed E-state index contributed by atoms with van der Waals surface area (Å²) < 4.78 is 33.4. The lowest BCUT2D eigenvalue weighted by Gasteiger charge is -2.50. The first kappa shape index (κ1) is 17.0. The summed E-state index contributed by atoms with van der Waals surface area (Å²) in [7, 11) is -2.09. The molecule has 1 saturated carbocycles. The summed E-state index contributed by atoms with van der Waals surface area (Å²) in [5, 5.41) is 0.277. The normalized spacial score (nSPS) is 24.6. The molecule has 2 unspecified atom stereocenters. The summed E-state index contributed by atoms with van der Waals surface area (Å²) >= 11 is 9.11. The molecule has 0 spiro atoms. The smallest absolute Gasteiger partial charge is 0.242 e. The number of halogens is 2. The molecule has 1 aliphatic carbocycles. The van der Waals surface area contributed by atoms with Gasteiger partial charge in [0.15, 0.2) is 0 Å². The minimum Gasteiger partial charge on any atom is -0.398 e. The second-order valence-electron chi connectivity index (χ2n) is 5.76. The van der Waals surface area contributed by atoms with Crippen molar-refractivity contribution in [2.75, 3.05) is 12.8 Å². The van der Waals surface area contributed by atoms with Gasteiger partial charge in [0.1, 0.15) is 0 Å². The van der Waals surface area contributed by atoms with E-state index in [2.05, 4.69) is 20.7 Å². The minimum absolute atomic E-state index is 0.0399. The molecule has 0 radical (unpaired) electrons. The first-order valence-corrected chi connectivity index (χ1v) is 9.04. The Morgan fingerprint density at radius 3 is 2.62 bits per heavy atom. The monoisotopic (exact) mass is 396 g/mol. The predicted molar refractivity (Wildman–Crippen MR) is 86.9 cm³/mol. The molecule has 2 rings (SSSR count). The first-order valence-electron chi connectivity index (χ1n) is 6.39. The Hall–Kier alpha value is -0.340. The van der Waals surface area contributed by atoms with Crippen molar-refractivity contribution in [3.63, 3.8) is 0 Å². The second-order valence-corrected chi connectivity index (χ2v) is 8.67. The van der Waals surface area contributed by atoms with Gasteiger partial charge < -0.3 is 10.5 Å². The van der Waals surface area contributed by atoms with Crippen molar-refractivity contribution < 1.29 is 13.2 Å². The molecule has 8 heteroatoms. The van der Waals surface area contributed by atoms with Crippen LogP contribution in [0.4, 0.5) is 5.69 Å². The van der Waals surface area contributed by atoms with E-state index < -0.39 is 10.0 Å². The van der Waals surface area contributed by atoms with Crippen LogP contribution < -0.4 is 10.5 Å². The zero-order valence-corrected chi connectivity index (χ0v) is 15.1. The number of benzene rings is 1. The van der Waals surface area contributed by atoms with Crippen LogP contribution in [-0.4, -0.2) is 27.7 Å². The van der Waals surface area contributed by atoms with Crippen LogP contribution in [0.5, 0.6) is 0 Å². The molecule has 1 aromatic rings. The Morgan fingerprint density at radius 1 is 1.48 bits per heavy atom. The third-order valence-electron chi connectivity index (χ3n) is 4.08. The number of nitrogen functional groups attached to an aromatic ring is 1. The summed E-state index contributed by atoms with van der Waals surface area (Å²) in [6.45, 7) is 3.94. The van der Waals surface area contributed by atoms with Gasteiger partial charge in [0.2, 0.25) is 10.0 Å². The Kier molecular flexibility index (Phi) is 4.62. The number of nitrogens with one attached hydrogen (secondary N) is 1. The third kappa shape index (κ3) is 3.07. The molecule has 1 aromatic carbocycles. The maximum absolute atomic E-state index is 12.5. The van der Waals surface area contributed by atoms with E-state index in [0.717, 1.165) is 0 Å². The lowest BCUT2D eigenvalue weighted by Crippen LogP contribution is -2.61. The number of hydrogen-bond donors (Lipinski definition) is 2. The Balaban J connectivity index is 2.29. The van der Waals surface area contributed by atoms with Gasteiger partial charge in [-0.3, -0.25) is 0 Å². The van der Waals surface area contributed by atoms with Gasteiger partial charge in [0.25, 0.3) is 0 Å². The van der Waals surface area contributed by atoms with Gasteiger partial charge in [0.05, 0.1) is 15.5 Å². The molecule has 0 amide bonds. The number of anilines is 1. The maximum Gasteiger partial charge on any atom is 0.242 e. The van der Waals surface area contributed by atoms with Crippen molar-refractivity contribution in [2.24, 2.45) is 5.41 Å². The molecule has 21 heavy (non-hydrogen) atoms. The number of hydrogen-bond acceptors (Lipinski definition) is 4. The van der Waals surface area contributed by atoms with Crippen molar-refractivity contribution in [3.8, 4) is 0 Å². The number of methoxy groups -OCH3 is 1. The van der Waals surface area contributed by atoms with E-state index in [1.54, 1.807) is 7.11 Å². The highest BCUT2D eigenvalue weighted by Gasteiger charge is 2.50. The molecular weight excluding hydrogens is 380 g/mol. The number of nitrogens with two attached hydrogens (primary N) is 1. The Morgan fingerprint density at radius 2 is 2.10 bits per heavy atom. The first-order chi connectivity index (χ1) is 9.59. The average Bonchev–Trinajstić information content (AvgIpc) is 2.38. The van der Waals surface area contributed by atoms with Crippen molar-refractivity contribution >= 4 is 43.2 Å². The maximum atomic E-state index is 12.5. The highest BCUT2D eigenvalue weighted by molar-refractivity contribution is 9.10. The molecule has 1 aliphatic rings. The van der Waals surface area contributed by atoms with Gasteiger partial charge in [-0.1, -0.05) is 25.4 Å². The number of sulfonamides is 1. The van der Waals surface area contributed by atoms with Gasteiger partial charge in [-0.05, 0) is 34.5 Å². The minimum atomic E-state index is -3.72. The molecule has 0 bridgehead atoms. The molecular formula is C13H18BrClN2O3S. The predicted octanol–water partition coefficient (Wildman–Crippen LogP) is 2.78.